The summed E-state index contributed by atoms with van der Waals surface area (Å²) in [4.78, 5) is 13.2. The van der Waals surface area contributed by atoms with Crippen molar-refractivity contribution in [2.75, 3.05) is 0 Å². The number of hydrogen-bond acceptors (Lipinski definition) is 3. The Labute approximate surface area is 67.4 Å². The van der Waals surface area contributed by atoms with E-state index in [1.165, 1.54) is 0 Å². The van der Waals surface area contributed by atoms with E-state index in [1.807, 2.05) is 6.92 Å². The fourth-order valence-corrected chi connectivity index (χ4v) is 1.03. The molecule has 0 aromatic carbocycles. The zero-order valence-electron chi connectivity index (χ0n) is 6.42. The van der Waals surface area contributed by atoms with E-state index in [4.69, 9.17) is 4.42 Å². The molecule has 5 heteroatoms. The van der Waals surface area contributed by atoms with Gasteiger partial charge in [0.15, 0.2) is 5.82 Å². The van der Waals surface area contributed by atoms with Crippen LogP contribution in [0.15, 0.2) is 21.5 Å². The van der Waals surface area contributed by atoms with Gasteiger partial charge in [-0.05, 0) is 13.0 Å². The summed E-state index contributed by atoms with van der Waals surface area (Å²) in [6.45, 7) is 1.81. The second-order valence-corrected chi connectivity index (χ2v) is 2.42. The van der Waals surface area contributed by atoms with Crippen LogP contribution < -0.4 is 5.69 Å². The predicted octanol–water partition coefficient (Wildman–Crippen LogP) is 0.666. The summed E-state index contributed by atoms with van der Waals surface area (Å²) in [5.74, 6) is 1.24. The molecule has 2 aromatic heterocycles. The van der Waals surface area contributed by atoms with Crippen LogP contribution in [0.2, 0.25) is 0 Å². The number of aryl methyl sites for hydroxylation is 1. The van der Waals surface area contributed by atoms with Crippen molar-refractivity contribution < 1.29 is 4.42 Å². The quantitative estimate of drug-likeness (QED) is 0.652. The van der Waals surface area contributed by atoms with Crippen LogP contribution in [-0.2, 0) is 0 Å². The van der Waals surface area contributed by atoms with E-state index in [-0.39, 0.29) is 5.69 Å². The van der Waals surface area contributed by atoms with Crippen molar-refractivity contribution in [3.8, 4) is 11.4 Å². The lowest BCUT2D eigenvalue weighted by Gasteiger charge is -1.88. The van der Waals surface area contributed by atoms with Crippen molar-refractivity contribution >= 4 is 0 Å². The van der Waals surface area contributed by atoms with Gasteiger partial charge in [0.1, 0.15) is 5.76 Å². The molecule has 0 aliphatic carbocycles. The van der Waals surface area contributed by atoms with E-state index in [1.54, 1.807) is 12.3 Å². The van der Waals surface area contributed by atoms with Crippen molar-refractivity contribution in [2.45, 2.75) is 6.92 Å². The first-order chi connectivity index (χ1) is 5.77. The number of rotatable bonds is 1. The average molecular weight is 165 g/mol. The Bertz CT molecular complexity index is 437. The normalized spacial score (nSPS) is 10.4. The maximum Gasteiger partial charge on any atom is 0.340 e. The number of aromatic nitrogens is 3. The lowest BCUT2D eigenvalue weighted by molar-refractivity contribution is 0.535. The highest BCUT2D eigenvalue weighted by Gasteiger charge is 2.07. The smallest absolute Gasteiger partial charge is 0.340 e. The zero-order valence-corrected chi connectivity index (χ0v) is 6.42. The highest BCUT2D eigenvalue weighted by molar-refractivity contribution is 5.55. The van der Waals surface area contributed by atoms with Gasteiger partial charge < -0.3 is 4.42 Å². The van der Waals surface area contributed by atoms with E-state index in [0.717, 1.165) is 11.3 Å². The third-order valence-corrected chi connectivity index (χ3v) is 1.62. The molecule has 5 nitrogen and oxygen atoms in total. The van der Waals surface area contributed by atoms with Gasteiger partial charge in [0, 0.05) is 0 Å². The monoisotopic (exact) mass is 165 g/mol. The molecule has 2 aromatic rings. The molecule has 0 saturated heterocycles. The van der Waals surface area contributed by atoms with E-state index >= 15 is 0 Å². The molecule has 0 saturated carbocycles. The summed E-state index contributed by atoms with van der Waals surface area (Å²) in [7, 11) is 0. The number of hydrogen-bond donors (Lipinski definition) is 2. The molecule has 0 unspecified atom stereocenters. The van der Waals surface area contributed by atoms with Crippen LogP contribution in [0, 0.1) is 6.92 Å². The van der Waals surface area contributed by atoms with Crippen LogP contribution in [0.3, 0.4) is 0 Å². The SMILES string of the molecule is Cc1occc1-c1n[nH]c(=O)[nH]1. The fourth-order valence-electron chi connectivity index (χ4n) is 1.03. The highest BCUT2D eigenvalue weighted by atomic mass is 16.3. The number of aromatic amines is 2. The van der Waals surface area contributed by atoms with Crippen molar-refractivity contribution in [1.82, 2.24) is 15.2 Å². The molecule has 0 radical (unpaired) electrons. The first-order valence-electron chi connectivity index (χ1n) is 3.46. The minimum Gasteiger partial charge on any atom is -0.469 e. The number of nitrogens with one attached hydrogen (secondary N) is 2. The number of furan rings is 1. The first-order valence-corrected chi connectivity index (χ1v) is 3.46. The first kappa shape index (κ1) is 6.90. The molecular weight excluding hydrogens is 158 g/mol. The Balaban J connectivity index is 2.57. The molecule has 62 valence electrons. The Morgan fingerprint density at radius 3 is 2.92 bits per heavy atom. The Kier molecular flexibility index (Phi) is 1.36. The molecule has 2 heterocycles. The molecule has 12 heavy (non-hydrogen) atoms. The Hall–Kier alpha value is -1.78. The second-order valence-electron chi connectivity index (χ2n) is 2.42. The molecule has 0 aliphatic heterocycles. The largest absolute Gasteiger partial charge is 0.469 e. The van der Waals surface area contributed by atoms with Crippen LogP contribution >= 0.6 is 0 Å². The molecular formula is C7H7N3O2. The van der Waals surface area contributed by atoms with Crippen molar-refractivity contribution in [2.24, 2.45) is 0 Å². The summed E-state index contributed by atoms with van der Waals surface area (Å²) in [6, 6.07) is 1.75. The molecule has 0 bridgehead atoms. The summed E-state index contributed by atoms with van der Waals surface area (Å²) < 4.78 is 5.05. The Morgan fingerprint density at radius 1 is 1.58 bits per heavy atom. The van der Waals surface area contributed by atoms with Crippen LogP contribution in [0.1, 0.15) is 5.76 Å². The molecule has 0 fully saturated rings. The molecule has 0 amide bonds. The van der Waals surface area contributed by atoms with Crippen LogP contribution in [0.4, 0.5) is 0 Å². The van der Waals surface area contributed by atoms with Gasteiger partial charge in [-0.1, -0.05) is 0 Å². The summed E-state index contributed by atoms with van der Waals surface area (Å²) in [5, 5.41) is 6.05. The summed E-state index contributed by atoms with van der Waals surface area (Å²) in [6.07, 6.45) is 1.55. The highest BCUT2D eigenvalue weighted by Crippen LogP contribution is 2.18. The Morgan fingerprint density at radius 2 is 2.42 bits per heavy atom. The molecule has 2 N–H and O–H groups in total. The van der Waals surface area contributed by atoms with E-state index in [2.05, 4.69) is 15.2 Å². The maximum atomic E-state index is 10.7. The summed E-state index contributed by atoms with van der Waals surface area (Å²) >= 11 is 0. The van der Waals surface area contributed by atoms with Gasteiger partial charge in [0.2, 0.25) is 0 Å². The lowest BCUT2D eigenvalue weighted by atomic mass is 10.2. The fraction of sp³-hybridized carbons (Fsp3) is 0.143. The second kappa shape index (κ2) is 2.37. The molecule has 0 atom stereocenters. The third-order valence-electron chi connectivity index (χ3n) is 1.62. The van der Waals surface area contributed by atoms with Crippen LogP contribution in [0.5, 0.6) is 0 Å². The predicted molar refractivity (Wildman–Crippen MR) is 41.6 cm³/mol. The van der Waals surface area contributed by atoms with Crippen molar-refractivity contribution in [3.63, 3.8) is 0 Å². The van der Waals surface area contributed by atoms with E-state index in [0.29, 0.717) is 5.82 Å². The minimum absolute atomic E-state index is 0.314. The van der Waals surface area contributed by atoms with E-state index in [9.17, 15) is 4.79 Å². The van der Waals surface area contributed by atoms with Crippen molar-refractivity contribution in [1.29, 1.82) is 0 Å². The number of nitrogens with zero attached hydrogens (tertiary/aromatic N) is 1. The topological polar surface area (TPSA) is 74.7 Å². The average Bonchev–Trinajstić information content (AvgIpc) is 2.58. The van der Waals surface area contributed by atoms with Crippen LogP contribution in [0.25, 0.3) is 11.4 Å². The third kappa shape index (κ3) is 0.952. The van der Waals surface area contributed by atoms with E-state index < -0.39 is 0 Å². The molecule has 2 rings (SSSR count). The summed E-state index contributed by atoms with van der Waals surface area (Å²) in [5.41, 5.74) is 0.485. The van der Waals surface area contributed by atoms with Gasteiger partial charge in [-0.25, -0.2) is 9.89 Å². The number of H-pyrrole nitrogens is 2. The molecule has 0 spiro atoms. The van der Waals surface area contributed by atoms with Gasteiger partial charge in [0.25, 0.3) is 0 Å². The van der Waals surface area contributed by atoms with Gasteiger partial charge in [-0.15, -0.1) is 0 Å². The van der Waals surface area contributed by atoms with Gasteiger partial charge >= 0.3 is 5.69 Å². The van der Waals surface area contributed by atoms with Gasteiger partial charge in [-0.3, -0.25) is 4.98 Å². The van der Waals surface area contributed by atoms with Crippen molar-refractivity contribution in [3.05, 3.63) is 28.6 Å². The molecule has 0 aliphatic rings. The minimum atomic E-state index is -0.314. The van der Waals surface area contributed by atoms with Gasteiger partial charge in [0.05, 0.1) is 11.8 Å². The van der Waals surface area contributed by atoms with Gasteiger partial charge in [-0.2, -0.15) is 5.10 Å². The lowest BCUT2D eigenvalue weighted by Crippen LogP contribution is -2.00. The zero-order chi connectivity index (χ0) is 8.55. The van der Waals surface area contributed by atoms with Crippen LogP contribution in [-0.4, -0.2) is 15.2 Å². The standard InChI is InChI=1S/C7H7N3O2/c1-4-5(2-3-12-4)6-8-7(11)10-9-6/h2-3H,1H3,(H2,8,9,10,11). The maximum absolute atomic E-state index is 10.7.